The first-order valence-electron chi connectivity index (χ1n) is 15.6. The molecule has 0 aliphatic carbocycles. The van der Waals surface area contributed by atoms with Crippen LogP contribution in [0.15, 0.2) is 115 Å². The maximum absolute atomic E-state index is 13.2. The summed E-state index contributed by atoms with van der Waals surface area (Å²) in [6, 6.07) is 33.6. The van der Waals surface area contributed by atoms with E-state index < -0.39 is 11.9 Å². The minimum Gasteiger partial charge on any atom is -0.507 e. The molecule has 264 valence electrons. The van der Waals surface area contributed by atoms with Gasteiger partial charge in [-0.2, -0.15) is 0 Å². The van der Waals surface area contributed by atoms with Crippen molar-refractivity contribution in [2.75, 3.05) is 5.32 Å². The van der Waals surface area contributed by atoms with Crippen LogP contribution in [0.1, 0.15) is 15.9 Å². The van der Waals surface area contributed by atoms with Crippen LogP contribution in [0.2, 0.25) is 10.0 Å². The molecule has 0 bridgehead atoms. The van der Waals surface area contributed by atoms with Crippen molar-refractivity contribution in [3.8, 4) is 49.3 Å². The highest BCUT2D eigenvalue weighted by Gasteiger charge is 2.18. The average molecular weight is 849 g/mol. The highest BCUT2D eigenvalue weighted by Crippen LogP contribution is 2.39. The average Bonchev–Trinajstić information content (AvgIpc) is 3.79. The van der Waals surface area contributed by atoms with Gasteiger partial charge in [0.05, 0.1) is 22.2 Å². The first-order chi connectivity index (χ1) is 25.6. The molecule has 6 nitrogen and oxygen atoms in total. The van der Waals surface area contributed by atoms with Gasteiger partial charge in [-0.05, 0) is 119 Å². The summed E-state index contributed by atoms with van der Waals surface area (Å²) >= 11 is 24.0. The van der Waals surface area contributed by atoms with Crippen molar-refractivity contribution in [1.82, 2.24) is 0 Å². The van der Waals surface area contributed by atoms with E-state index in [0.717, 1.165) is 28.5 Å². The Morgan fingerprint density at radius 1 is 0.642 bits per heavy atom. The minimum absolute atomic E-state index is 0.00830. The summed E-state index contributed by atoms with van der Waals surface area (Å²) in [5, 5.41) is 14.4. The standard InChI is InChI=1S/C39H23Cl2NO5S6/c40-29-16-25(23-9-14-32(43)28(15-23)39(45)47-27-12-7-22(8-13-27)34-20-37(49)53-51-34)17-30(41)38(29)42-31-4-2-1-3-24(31)18-35(44)46-26-10-5-21(6-11-26)33-19-36(48)52-50-33/h1-17,19-20,42-43H,18H2. The van der Waals surface area contributed by atoms with E-state index in [0.29, 0.717) is 49.6 Å². The Morgan fingerprint density at radius 3 is 1.75 bits per heavy atom. The van der Waals surface area contributed by atoms with E-state index >= 15 is 0 Å². The topological polar surface area (TPSA) is 84.9 Å². The first-order valence-corrected chi connectivity index (χ1v) is 21.5. The Balaban J connectivity index is 1.04. The van der Waals surface area contributed by atoms with E-state index in [-0.39, 0.29) is 17.7 Å². The van der Waals surface area contributed by atoms with Gasteiger partial charge in [-0.25, -0.2) is 4.79 Å². The highest BCUT2D eigenvalue weighted by molar-refractivity contribution is 7.80. The summed E-state index contributed by atoms with van der Waals surface area (Å²) < 4.78 is 12.9. The van der Waals surface area contributed by atoms with Crippen molar-refractivity contribution < 1.29 is 24.2 Å². The summed E-state index contributed by atoms with van der Waals surface area (Å²) in [7, 11) is 6.26. The van der Waals surface area contributed by atoms with Crippen LogP contribution in [0.4, 0.5) is 11.4 Å². The van der Waals surface area contributed by atoms with Crippen LogP contribution < -0.4 is 14.8 Å². The van der Waals surface area contributed by atoms with Crippen molar-refractivity contribution in [2.45, 2.75) is 6.42 Å². The second-order valence-electron chi connectivity index (χ2n) is 11.4. The zero-order valence-electron chi connectivity index (χ0n) is 27.0. The van der Waals surface area contributed by atoms with Crippen LogP contribution >= 0.6 is 89.0 Å². The second-order valence-corrected chi connectivity index (χ2v) is 18.0. The van der Waals surface area contributed by atoms with E-state index in [1.165, 1.54) is 22.5 Å². The molecule has 0 aliphatic heterocycles. The Labute approximate surface area is 338 Å². The second kappa shape index (κ2) is 16.4. The van der Waals surface area contributed by atoms with Crippen molar-refractivity contribution in [2.24, 2.45) is 0 Å². The number of esters is 2. The Morgan fingerprint density at radius 2 is 1.19 bits per heavy atom. The molecular weight excluding hydrogens is 826 g/mol. The molecule has 0 saturated carbocycles. The predicted molar refractivity (Wildman–Crippen MR) is 225 cm³/mol. The number of phenolic OH excluding ortho intramolecular Hbond substituents is 1. The molecule has 5 aromatic carbocycles. The zero-order chi connectivity index (χ0) is 37.1. The normalized spacial score (nSPS) is 10.9. The SMILES string of the molecule is O=C(Cc1ccccc1Nc1c(Cl)cc(-c2ccc(O)c(C(=O)Oc3ccc(-c4cc(=S)ss4)cc3)c2)cc1Cl)Oc1ccc(-c2cc(=S)ss2)cc1. The van der Waals surface area contributed by atoms with Crippen LogP contribution in [0.3, 0.4) is 0 Å². The fourth-order valence-corrected chi connectivity index (χ4v) is 10.7. The summed E-state index contributed by atoms with van der Waals surface area (Å²) in [5.74, 6) is -0.633. The highest BCUT2D eigenvalue weighted by atomic mass is 35.5. The molecule has 0 radical (unpaired) electrons. The molecule has 7 rings (SSSR count). The number of halogens is 2. The third kappa shape index (κ3) is 8.94. The maximum Gasteiger partial charge on any atom is 0.347 e. The summed E-state index contributed by atoms with van der Waals surface area (Å²) in [6.45, 7) is 0. The van der Waals surface area contributed by atoms with E-state index in [9.17, 15) is 14.7 Å². The molecule has 7 aromatic rings. The number of ether oxygens (including phenoxy) is 2. The number of carbonyl (C=O) groups is 2. The van der Waals surface area contributed by atoms with Crippen LogP contribution in [-0.4, -0.2) is 17.0 Å². The molecule has 0 unspecified atom stereocenters. The van der Waals surface area contributed by atoms with Crippen LogP contribution in [0.5, 0.6) is 17.2 Å². The zero-order valence-corrected chi connectivity index (χ0v) is 33.4. The summed E-state index contributed by atoms with van der Waals surface area (Å²) in [5.41, 5.74) is 4.86. The number of benzene rings is 5. The molecule has 14 heteroatoms. The fourth-order valence-electron chi connectivity index (χ4n) is 5.27. The molecule has 0 atom stereocenters. The van der Waals surface area contributed by atoms with Gasteiger partial charge in [0, 0.05) is 15.4 Å². The Hall–Kier alpha value is -4.24. The number of para-hydroxylation sites is 1. The third-order valence-electron chi connectivity index (χ3n) is 7.85. The monoisotopic (exact) mass is 847 g/mol. The molecule has 0 aliphatic rings. The number of nitrogens with one attached hydrogen (secondary N) is 1. The predicted octanol–water partition coefficient (Wildman–Crippen LogP) is 13.5. The minimum atomic E-state index is -0.726. The van der Waals surface area contributed by atoms with E-state index in [1.54, 1.807) is 73.5 Å². The van der Waals surface area contributed by atoms with Gasteiger partial charge in [0.25, 0.3) is 0 Å². The van der Waals surface area contributed by atoms with Gasteiger partial charge in [-0.3, -0.25) is 4.79 Å². The number of aromatic hydroxyl groups is 1. The largest absolute Gasteiger partial charge is 0.507 e. The van der Waals surface area contributed by atoms with E-state index in [2.05, 4.69) is 5.32 Å². The lowest BCUT2D eigenvalue weighted by Crippen LogP contribution is -2.12. The van der Waals surface area contributed by atoms with Gasteiger partial charge in [0.1, 0.15) is 30.5 Å². The number of hydrogen-bond donors (Lipinski definition) is 2. The van der Waals surface area contributed by atoms with Gasteiger partial charge in [-0.15, -0.1) is 0 Å². The summed E-state index contributed by atoms with van der Waals surface area (Å²) in [6.07, 6.45) is -0.00830. The van der Waals surface area contributed by atoms with Crippen molar-refractivity contribution >= 4 is 112 Å². The maximum atomic E-state index is 13.2. The number of hydrogen-bond acceptors (Lipinski definition) is 12. The lowest BCUT2D eigenvalue weighted by atomic mass is 10.0. The van der Waals surface area contributed by atoms with E-state index in [4.69, 9.17) is 57.1 Å². The van der Waals surface area contributed by atoms with Gasteiger partial charge >= 0.3 is 11.9 Å². The Bertz CT molecular complexity index is 2570. The number of phenols is 1. The molecule has 2 N–H and O–H groups in total. The molecule has 2 heterocycles. The third-order valence-corrected chi connectivity index (χ3v) is 14.3. The molecule has 0 amide bonds. The molecule has 2 aromatic heterocycles. The van der Waals surface area contributed by atoms with E-state index in [1.807, 2.05) is 60.7 Å². The van der Waals surface area contributed by atoms with Crippen LogP contribution in [-0.2, 0) is 11.2 Å². The molecular formula is C39H23Cl2NO5S6. The lowest BCUT2D eigenvalue weighted by molar-refractivity contribution is -0.133. The molecule has 0 saturated heterocycles. The molecule has 53 heavy (non-hydrogen) atoms. The van der Waals surface area contributed by atoms with Crippen LogP contribution in [0.25, 0.3) is 32.0 Å². The van der Waals surface area contributed by atoms with Crippen LogP contribution in [0, 0.1) is 7.65 Å². The van der Waals surface area contributed by atoms with Crippen molar-refractivity contribution in [3.63, 3.8) is 0 Å². The van der Waals surface area contributed by atoms with Crippen molar-refractivity contribution in [1.29, 1.82) is 0 Å². The number of carbonyl (C=O) groups excluding carboxylic acids is 2. The van der Waals surface area contributed by atoms with Gasteiger partial charge in [-0.1, -0.05) is 113 Å². The van der Waals surface area contributed by atoms with Gasteiger partial charge < -0.3 is 19.9 Å². The quantitative estimate of drug-likeness (QED) is 0.0609. The molecule has 0 fully saturated rings. The van der Waals surface area contributed by atoms with Gasteiger partial charge in [0.15, 0.2) is 0 Å². The van der Waals surface area contributed by atoms with Gasteiger partial charge in [0.2, 0.25) is 0 Å². The Kier molecular flexibility index (Phi) is 11.5. The lowest BCUT2D eigenvalue weighted by Gasteiger charge is -2.16. The number of anilines is 2. The smallest absolute Gasteiger partial charge is 0.347 e. The first kappa shape index (κ1) is 37.1. The fraction of sp³-hybridized carbons (Fsp3) is 0.0256. The summed E-state index contributed by atoms with van der Waals surface area (Å²) in [4.78, 5) is 28.2. The van der Waals surface area contributed by atoms with Crippen molar-refractivity contribution in [3.05, 3.63) is 144 Å². The molecule has 0 spiro atoms. The number of rotatable bonds is 10.